The molecule has 84 valence electrons. The van der Waals surface area contributed by atoms with E-state index >= 15 is 0 Å². The van der Waals surface area contributed by atoms with Crippen LogP contribution in [0.25, 0.3) is 0 Å². The molecule has 1 aromatic carbocycles. The highest BCUT2D eigenvalue weighted by molar-refractivity contribution is 5.28. The highest BCUT2D eigenvalue weighted by atomic mass is 16.9. The lowest BCUT2D eigenvalue weighted by Gasteiger charge is -2.06. The molecule has 0 bridgehead atoms. The molecule has 0 saturated carbocycles. The number of nitrogens with two attached hydrogens (primary N) is 1. The van der Waals surface area contributed by atoms with E-state index in [0.717, 1.165) is 0 Å². The minimum absolute atomic E-state index is 0.148. The van der Waals surface area contributed by atoms with Crippen molar-refractivity contribution in [2.75, 3.05) is 6.54 Å². The van der Waals surface area contributed by atoms with Gasteiger partial charge in [-0.15, -0.1) is 10.1 Å². The molecule has 0 saturated heterocycles. The topological polar surface area (TPSA) is 130 Å². The van der Waals surface area contributed by atoms with Crippen molar-refractivity contribution in [1.29, 1.82) is 0 Å². The Morgan fingerprint density at radius 3 is 2.47 bits per heavy atom. The Bertz CT molecular complexity index is 314. The number of nitrogens with zero attached hydrogens (tertiary/aromatic N) is 1. The molecule has 0 fully saturated rings. The van der Waals surface area contributed by atoms with Crippen LogP contribution in [0.3, 0.4) is 0 Å². The van der Waals surface area contributed by atoms with Gasteiger partial charge in [-0.2, -0.15) is 0 Å². The Hall–Kier alpha value is -1.86. The van der Waals surface area contributed by atoms with E-state index in [0.29, 0.717) is 5.56 Å². The average Bonchev–Trinajstić information content (AvgIpc) is 2.16. The van der Waals surface area contributed by atoms with E-state index in [4.69, 9.17) is 26.2 Å². The van der Waals surface area contributed by atoms with Gasteiger partial charge in [-0.25, -0.2) is 0 Å². The number of phenols is 1. The van der Waals surface area contributed by atoms with Gasteiger partial charge in [0.15, 0.2) is 0 Å². The van der Waals surface area contributed by atoms with E-state index in [-0.39, 0.29) is 12.3 Å². The second kappa shape index (κ2) is 6.57. The highest BCUT2D eigenvalue weighted by Crippen LogP contribution is 2.16. The van der Waals surface area contributed by atoms with Crippen LogP contribution >= 0.6 is 0 Å². The van der Waals surface area contributed by atoms with E-state index in [1.54, 1.807) is 18.2 Å². The van der Waals surface area contributed by atoms with E-state index in [1.165, 1.54) is 6.07 Å². The molecule has 0 heterocycles. The quantitative estimate of drug-likeness (QED) is 0.407. The first-order valence-electron chi connectivity index (χ1n) is 3.97. The number of rotatable bonds is 2. The fourth-order valence-corrected chi connectivity index (χ4v) is 0.868. The monoisotopic (exact) mass is 216 g/mol. The van der Waals surface area contributed by atoms with Crippen molar-refractivity contribution < 1.29 is 20.5 Å². The minimum atomic E-state index is -1.50. The van der Waals surface area contributed by atoms with Crippen molar-refractivity contribution in [3.05, 3.63) is 39.9 Å². The minimum Gasteiger partial charge on any atom is -0.508 e. The van der Waals surface area contributed by atoms with E-state index in [1.807, 2.05) is 0 Å². The summed E-state index contributed by atoms with van der Waals surface area (Å²) in [5.41, 5.74) is 5.87. The molecule has 0 aromatic heterocycles. The van der Waals surface area contributed by atoms with Crippen LogP contribution < -0.4 is 5.73 Å². The third-order valence-corrected chi connectivity index (χ3v) is 1.48. The maximum absolute atomic E-state index is 9.22. The number of hydrogen-bond acceptors (Lipinski definition) is 5. The van der Waals surface area contributed by atoms with Crippen LogP contribution in [-0.2, 0) is 0 Å². The van der Waals surface area contributed by atoms with Gasteiger partial charge in [-0.1, -0.05) is 12.1 Å². The predicted molar refractivity (Wildman–Crippen MR) is 50.9 cm³/mol. The zero-order valence-corrected chi connectivity index (χ0v) is 7.78. The van der Waals surface area contributed by atoms with Crippen LogP contribution in [0.15, 0.2) is 24.3 Å². The fourth-order valence-electron chi connectivity index (χ4n) is 0.868. The number of aromatic hydroxyl groups is 1. The van der Waals surface area contributed by atoms with Crippen LogP contribution in [0, 0.1) is 10.1 Å². The first-order valence-corrected chi connectivity index (χ1v) is 3.97. The lowest BCUT2D eigenvalue weighted by atomic mass is 10.1. The molecule has 0 aliphatic carbocycles. The Morgan fingerprint density at radius 1 is 1.53 bits per heavy atom. The molecule has 1 atom stereocenters. The van der Waals surface area contributed by atoms with Crippen LogP contribution in [-0.4, -0.2) is 27.1 Å². The molecular formula is C8H12N2O5. The highest BCUT2D eigenvalue weighted by Gasteiger charge is 2.03. The van der Waals surface area contributed by atoms with E-state index in [9.17, 15) is 5.11 Å². The van der Waals surface area contributed by atoms with Gasteiger partial charge < -0.3 is 21.2 Å². The van der Waals surface area contributed by atoms with Gasteiger partial charge in [0.2, 0.25) is 0 Å². The van der Waals surface area contributed by atoms with Crippen LogP contribution in [0.4, 0.5) is 0 Å². The number of benzene rings is 1. The number of aliphatic hydroxyl groups excluding tert-OH is 1. The summed E-state index contributed by atoms with van der Waals surface area (Å²) in [4.78, 5) is 8.36. The van der Waals surface area contributed by atoms with Gasteiger partial charge in [-0.05, 0) is 17.7 Å². The third-order valence-electron chi connectivity index (χ3n) is 1.48. The molecule has 0 aliphatic rings. The van der Waals surface area contributed by atoms with Gasteiger partial charge in [-0.3, -0.25) is 0 Å². The molecule has 0 radical (unpaired) electrons. The van der Waals surface area contributed by atoms with Crippen LogP contribution in [0.2, 0.25) is 0 Å². The summed E-state index contributed by atoms with van der Waals surface area (Å²) in [6.07, 6.45) is -0.679. The van der Waals surface area contributed by atoms with Crippen molar-refractivity contribution in [3.8, 4) is 5.75 Å². The van der Waals surface area contributed by atoms with E-state index in [2.05, 4.69) is 0 Å². The second-order valence-corrected chi connectivity index (χ2v) is 2.58. The number of phenolic OH excluding ortho intramolecular Hbond substituents is 1. The fraction of sp³-hybridized carbons (Fsp3) is 0.250. The molecule has 7 nitrogen and oxygen atoms in total. The summed E-state index contributed by atoms with van der Waals surface area (Å²) in [5, 5.41) is 31.9. The van der Waals surface area contributed by atoms with Crippen molar-refractivity contribution in [1.82, 2.24) is 0 Å². The number of hydrogen-bond donors (Lipinski definition) is 4. The average molecular weight is 216 g/mol. The summed E-state index contributed by atoms with van der Waals surface area (Å²) in [6.45, 7) is 0.170. The molecule has 0 amide bonds. The lowest BCUT2D eigenvalue weighted by Crippen LogP contribution is -2.11. The summed E-state index contributed by atoms with van der Waals surface area (Å²) in [6, 6.07) is 6.44. The Balaban J connectivity index is 0.000000423. The van der Waals surface area contributed by atoms with Crippen LogP contribution in [0.5, 0.6) is 5.75 Å². The summed E-state index contributed by atoms with van der Waals surface area (Å²) < 4.78 is 0. The third kappa shape index (κ3) is 6.24. The molecule has 7 heteroatoms. The molecule has 0 aliphatic heterocycles. The summed E-state index contributed by atoms with van der Waals surface area (Å²) in [7, 11) is 0. The van der Waals surface area contributed by atoms with Crippen molar-refractivity contribution >= 4 is 0 Å². The maximum atomic E-state index is 9.22. The maximum Gasteiger partial charge on any atom is 0.291 e. The zero-order chi connectivity index (χ0) is 11.8. The molecule has 15 heavy (non-hydrogen) atoms. The normalized spacial score (nSPS) is 11.1. The molecule has 1 rings (SSSR count). The van der Waals surface area contributed by atoms with Gasteiger partial charge in [0.1, 0.15) is 5.75 Å². The largest absolute Gasteiger partial charge is 0.508 e. The molecule has 1 unspecified atom stereocenters. The van der Waals surface area contributed by atoms with Crippen molar-refractivity contribution in [3.63, 3.8) is 0 Å². The lowest BCUT2D eigenvalue weighted by molar-refractivity contribution is -0.742. The summed E-state index contributed by atoms with van der Waals surface area (Å²) >= 11 is 0. The first-order chi connectivity index (χ1) is 6.97. The standard InChI is InChI=1S/C8H11NO2.HNO3/c9-5-8(11)6-2-1-3-7(10)4-6;2-1(3)4/h1-4,8,10-11H,5,9H2;(H,2,3,4). The Labute approximate surface area is 85.5 Å². The second-order valence-electron chi connectivity index (χ2n) is 2.58. The van der Waals surface area contributed by atoms with Gasteiger partial charge in [0, 0.05) is 6.54 Å². The van der Waals surface area contributed by atoms with E-state index < -0.39 is 11.2 Å². The summed E-state index contributed by atoms with van der Waals surface area (Å²) in [5.74, 6) is 0.148. The zero-order valence-electron chi connectivity index (χ0n) is 7.78. The smallest absolute Gasteiger partial charge is 0.291 e. The van der Waals surface area contributed by atoms with Crippen molar-refractivity contribution in [2.45, 2.75) is 6.10 Å². The first kappa shape index (κ1) is 13.1. The Kier molecular flexibility index (Phi) is 5.76. The van der Waals surface area contributed by atoms with Gasteiger partial charge in [0.05, 0.1) is 6.10 Å². The van der Waals surface area contributed by atoms with Crippen molar-refractivity contribution in [2.24, 2.45) is 5.73 Å². The Morgan fingerprint density at radius 2 is 2.07 bits per heavy atom. The molecular weight excluding hydrogens is 204 g/mol. The predicted octanol–water partition coefficient (Wildman–Crippen LogP) is 0.0366. The van der Waals surface area contributed by atoms with Gasteiger partial charge >= 0.3 is 0 Å². The van der Waals surface area contributed by atoms with Gasteiger partial charge in [0.25, 0.3) is 5.09 Å². The number of aliphatic hydroxyl groups is 1. The van der Waals surface area contributed by atoms with Crippen LogP contribution in [0.1, 0.15) is 11.7 Å². The molecule has 5 N–H and O–H groups in total. The molecule has 0 spiro atoms. The SMILES string of the molecule is NCC(O)c1cccc(O)c1.O=[N+]([O-])O. The molecule has 1 aromatic rings.